The van der Waals surface area contributed by atoms with Gasteiger partial charge in [0.15, 0.2) is 12.6 Å². The number of carbonyl (C=O) groups excluding carboxylic acids is 2. The predicted octanol–water partition coefficient (Wildman–Crippen LogP) is -4.38. The largest absolute Gasteiger partial charge is 0.463 e. The normalized spacial score (nSPS) is 39.8. The number of hydrogen-bond donors (Lipinski definition) is 7. The van der Waals surface area contributed by atoms with Gasteiger partial charge >= 0.3 is 11.9 Å². The van der Waals surface area contributed by atoms with Gasteiger partial charge in [0.1, 0.15) is 55.4 Å². The van der Waals surface area contributed by atoms with Crippen molar-refractivity contribution in [1.29, 1.82) is 0 Å². The summed E-state index contributed by atoms with van der Waals surface area (Å²) >= 11 is 0. The highest BCUT2D eigenvalue weighted by atomic mass is 16.7. The van der Waals surface area contributed by atoms with E-state index in [-0.39, 0.29) is 12.8 Å². The van der Waals surface area contributed by atoms with Crippen LogP contribution in [0.2, 0.25) is 0 Å². The molecule has 7 N–H and O–H groups in total. The van der Waals surface area contributed by atoms with E-state index in [0.29, 0.717) is 0 Å². The Kier molecular flexibility index (Phi) is 9.90. The second-order valence-corrected chi connectivity index (χ2v) is 7.18. The lowest BCUT2D eigenvalue weighted by molar-refractivity contribution is -0.355. The van der Waals surface area contributed by atoms with E-state index in [9.17, 15) is 45.3 Å². The molecule has 2 aliphatic rings. The molecule has 0 aliphatic carbocycles. The first kappa shape index (κ1) is 26.5. The van der Waals surface area contributed by atoms with Gasteiger partial charge in [-0.15, -0.1) is 0 Å². The zero-order valence-electron chi connectivity index (χ0n) is 16.9. The van der Waals surface area contributed by atoms with Gasteiger partial charge in [0.05, 0.1) is 25.7 Å². The molecule has 0 saturated carbocycles. The lowest BCUT2D eigenvalue weighted by Crippen LogP contribution is -2.64. The maximum atomic E-state index is 11.8. The highest BCUT2D eigenvalue weighted by molar-refractivity contribution is 5.77. The maximum Gasteiger partial charge on any atom is 0.311 e. The SMILES string of the molecule is C=COC(=O)CCC(=O)OC[C@H]1O[C@@H](O[C@H]2[C@H](O)[C@@H](O)C(O)O[C@@H]2CO)[C@H](O)[C@@H](O)[C@H]1O. The van der Waals surface area contributed by atoms with Crippen LogP contribution in [0.25, 0.3) is 0 Å². The van der Waals surface area contributed by atoms with E-state index in [4.69, 9.17) is 18.9 Å². The van der Waals surface area contributed by atoms with E-state index >= 15 is 0 Å². The monoisotopic (exact) mass is 468 g/mol. The first-order valence-corrected chi connectivity index (χ1v) is 9.72. The molecule has 1 unspecified atom stereocenters. The van der Waals surface area contributed by atoms with Crippen LogP contribution in [0.5, 0.6) is 0 Å². The molecule has 0 bridgehead atoms. The molecular formula is C18H28O14. The Morgan fingerprint density at radius 2 is 1.50 bits per heavy atom. The molecular weight excluding hydrogens is 440 g/mol. The summed E-state index contributed by atoms with van der Waals surface area (Å²) in [6.07, 6.45) is -16.4. The van der Waals surface area contributed by atoms with Gasteiger partial charge in [-0.1, -0.05) is 6.58 Å². The maximum absolute atomic E-state index is 11.8. The first-order valence-electron chi connectivity index (χ1n) is 9.72. The van der Waals surface area contributed by atoms with Crippen LogP contribution in [0.1, 0.15) is 12.8 Å². The minimum atomic E-state index is -1.83. The van der Waals surface area contributed by atoms with Crippen LogP contribution >= 0.6 is 0 Å². The molecule has 184 valence electrons. The average Bonchev–Trinajstić information content (AvgIpc) is 2.77. The summed E-state index contributed by atoms with van der Waals surface area (Å²) in [5, 5.41) is 69.2. The molecule has 2 saturated heterocycles. The summed E-state index contributed by atoms with van der Waals surface area (Å²) in [7, 11) is 0. The molecule has 2 rings (SSSR count). The Morgan fingerprint density at radius 3 is 2.12 bits per heavy atom. The quantitative estimate of drug-likeness (QED) is 0.125. The van der Waals surface area contributed by atoms with E-state index in [1.807, 2.05) is 0 Å². The summed E-state index contributed by atoms with van der Waals surface area (Å²) in [6, 6.07) is 0. The van der Waals surface area contributed by atoms with E-state index in [0.717, 1.165) is 6.26 Å². The highest BCUT2D eigenvalue weighted by Crippen LogP contribution is 2.28. The van der Waals surface area contributed by atoms with Gasteiger partial charge < -0.3 is 59.4 Å². The van der Waals surface area contributed by atoms with Gasteiger partial charge in [0, 0.05) is 0 Å². The van der Waals surface area contributed by atoms with Crippen molar-refractivity contribution in [1.82, 2.24) is 0 Å². The van der Waals surface area contributed by atoms with Gasteiger partial charge in [-0.2, -0.15) is 0 Å². The minimum Gasteiger partial charge on any atom is -0.463 e. The fourth-order valence-corrected chi connectivity index (χ4v) is 3.16. The lowest BCUT2D eigenvalue weighted by atomic mass is 9.97. The highest BCUT2D eigenvalue weighted by Gasteiger charge is 2.50. The third kappa shape index (κ3) is 6.41. The molecule has 0 amide bonds. The second-order valence-electron chi connectivity index (χ2n) is 7.18. The average molecular weight is 468 g/mol. The molecule has 0 aromatic rings. The number of aliphatic hydroxyl groups excluding tert-OH is 7. The van der Waals surface area contributed by atoms with Gasteiger partial charge in [-0.25, -0.2) is 0 Å². The third-order valence-corrected chi connectivity index (χ3v) is 4.96. The van der Waals surface area contributed by atoms with Crippen molar-refractivity contribution in [3.63, 3.8) is 0 Å². The molecule has 0 aromatic heterocycles. The van der Waals surface area contributed by atoms with Crippen LogP contribution in [0, 0.1) is 0 Å². The summed E-state index contributed by atoms with van der Waals surface area (Å²) in [5.74, 6) is -1.55. The van der Waals surface area contributed by atoms with Gasteiger partial charge in [0.25, 0.3) is 0 Å². The van der Waals surface area contributed by atoms with Gasteiger partial charge in [0.2, 0.25) is 0 Å². The topological polar surface area (TPSA) is 222 Å². The summed E-state index contributed by atoms with van der Waals surface area (Å²) in [6.45, 7) is 1.87. The van der Waals surface area contributed by atoms with Crippen molar-refractivity contribution in [3.8, 4) is 0 Å². The molecule has 0 radical (unpaired) electrons. The van der Waals surface area contributed by atoms with Gasteiger partial charge in [-0.05, 0) is 0 Å². The van der Waals surface area contributed by atoms with E-state index in [1.54, 1.807) is 0 Å². The molecule has 10 atom stereocenters. The van der Waals surface area contributed by atoms with Crippen molar-refractivity contribution in [2.45, 2.75) is 74.3 Å². The number of rotatable bonds is 9. The van der Waals surface area contributed by atoms with Crippen LogP contribution in [0.15, 0.2) is 12.8 Å². The first-order chi connectivity index (χ1) is 15.1. The van der Waals surface area contributed by atoms with Crippen LogP contribution in [0.4, 0.5) is 0 Å². The van der Waals surface area contributed by atoms with Gasteiger partial charge in [-0.3, -0.25) is 9.59 Å². The molecule has 2 fully saturated rings. The number of esters is 2. The molecule has 0 spiro atoms. The third-order valence-electron chi connectivity index (χ3n) is 4.96. The standard InChI is InChI=1S/C18H28O14/c1-2-28-9(20)3-4-10(21)29-6-8-11(22)12(23)15(26)18(31-8)32-16-7(5-19)30-17(27)14(25)13(16)24/h2,7-8,11-19,22-27H,1,3-6H2/t7-,8-,11+,12+,13-,14-,15-,16-,17?,18+/m1/s1. The van der Waals surface area contributed by atoms with Crippen molar-refractivity contribution in [2.24, 2.45) is 0 Å². The number of carbonyl (C=O) groups is 2. The van der Waals surface area contributed by atoms with E-state index < -0.39 is 86.6 Å². The van der Waals surface area contributed by atoms with Crippen molar-refractivity contribution >= 4 is 11.9 Å². The Labute approximate surface area is 182 Å². The molecule has 14 heteroatoms. The van der Waals surface area contributed by atoms with Crippen LogP contribution in [-0.4, -0.2) is 122 Å². The second kappa shape index (κ2) is 11.9. The number of ether oxygens (including phenoxy) is 5. The van der Waals surface area contributed by atoms with E-state index in [1.165, 1.54) is 0 Å². The smallest absolute Gasteiger partial charge is 0.311 e. The summed E-state index contributed by atoms with van der Waals surface area (Å²) < 4.78 is 25.0. The fourth-order valence-electron chi connectivity index (χ4n) is 3.16. The molecule has 2 heterocycles. The molecule has 0 aromatic carbocycles. The number of aliphatic hydroxyl groups is 7. The van der Waals surface area contributed by atoms with E-state index in [2.05, 4.69) is 11.3 Å². The fraction of sp³-hybridized carbons (Fsp3) is 0.778. The minimum absolute atomic E-state index is 0.289. The van der Waals surface area contributed by atoms with Crippen LogP contribution < -0.4 is 0 Å². The van der Waals surface area contributed by atoms with Crippen molar-refractivity contribution in [3.05, 3.63) is 12.8 Å². The Morgan fingerprint density at radius 1 is 0.844 bits per heavy atom. The number of hydrogen-bond acceptors (Lipinski definition) is 14. The Hall–Kier alpha value is -1.72. The van der Waals surface area contributed by atoms with Crippen LogP contribution in [-0.2, 0) is 33.3 Å². The predicted molar refractivity (Wildman–Crippen MR) is 98.0 cm³/mol. The molecule has 32 heavy (non-hydrogen) atoms. The molecule has 2 aliphatic heterocycles. The zero-order chi connectivity index (χ0) is 24.0. The Bertz CT molecular complexity index is 641. The lowest BCUT2D eigenvalue weighted by Gasteiger charge is -2.45. The van der Waals surface area contributed by atoms with Crippen LogP contribution in [0.3, 0.4) is 0 Å². The zero-order valence-corrected chi connectivity index (χ0v) is 16.9. The Balaban J connectivity index is 1.98. The summed E-state index contributed by atoms with van der Waals surface area (Å²) in [5.41, 5.74) is 0. The summed E-state index contributed by atoms with van der Waals surface area (Å²) in [4.78, 5) is 23.0. The van der Waals surface area contributed by atoms with Crippen molar-refractivity contribution < 1.29 is 69.0 Å². The van der Waals surface area contributed by atoms with Crippen molar-refractivity contribution in [2.75, 3.05) is 13.2 Å². The molecule has 14 nitrogen and oxygen atoms in total.